The number of nitrogens with one attached hydrogen (secondary N) is 4. The number of nitrogens with zero attached hydrogens (tertiary/aromatic N) is 11. The fraction of sp³-hybridized carbons (Fsp3) is 0.391. The molecule has 2 amide bonds. The molecule has 103 heavy (non-hydrogen) atoms. The Kier molecular flexibility index (Phi) is 22.7. The minimum Gasteiger partial charge on any atom is -0.492 e. The number of ether oxygens (including phenoxy) is 4. The summed E-state index contributed by atoms with van der Waals surface area (Å²) < 4.78 is 76.3. The molecule has 1 unspecified atom stereocenters. The smallest absolute Gasteiger partial charge is 0.343 e. The van der Waals surface area contributed by atoms with Gasteiger partial charge in [0.2, 0.25) is 17.8 Å². The number of nitrogen functional groups attached to an aromatic ring is 2. The molecule has 0 bridgehead atoms. The number of imidazole rings is 2. The molecule has 5 aromatic heterocycles. The number of thiol groups is 1. The summed E-state index contributed by atoms with van der Waals surface area (Å²) in [5.41, 5.74) is 17.0. The van der Waals surface area contributed by atoms with Crippen LogP contribution >= 0.6 is 43.6 Å². The molecule has 0 radical (unpaired) electrons. The topological polar surface area (TPSA) is 440 Å². The molecule has 9 aromatic rings. The number of carbonyl (C=O) groups excluding carboxylic acids is 3. The Balaban J connectivity index is 0.631. The second kappa shape index (κ2) is 31.8. The van der Waals surface area contributed by atoms with Gasteiger partial charge in [-0.3, -0.25) is 37.6 Å². The molecule has 9 heterocycles. The molecule has 0 spiro atoms. The first-order chi connectivity index (χ1) is 49.6. The highest BCUT2D eigenvalue weighted by Crippen LogP contribution is 2.60. The van der Waals surface area contributed by atoms with E-state index in [1.54, 1.807) is 58.1 Å². The maximum absolute atomic E-state index is 15.5. The van der Waals surface area contributed by atoms with Gasteiger partial charge in [-0.25, -0.2) is 39.6 Å². The van der Waals surface area contributed by atoms with Crippen molar-refractivity contribution in [2.75, 3.05) is 56.0 Å². The van der Waals surface area contributed by atoms with Crippen molar-refractivity contribution in [1.29, 1.82) is 0 Å². The van der Waals surface area contributed by atoms with Crippen LogP contribution in [-0.2, 0) is 72.4 Å². The summed E-state index contributed by atoms with van der Waals surface area (Å²) >= 11 is 10.1. The van der Waals surface area contributed by atoms with Crippen molar-refractivity contribution < 1.29 is 71.1 Å². The van der Waals surface area contributed by atoms with E-state index in [-0.39, 0.29) is 76.0 Å². The van der Waals surface area contributed by atoms with E-state index in [9.17, 15) is 38.8 Å². The lowest BCUT2D eigenvalue weighted by Gasteiger charge is -2.31. The van der Waals surface area contributed by atoms with Gasteiger partial charge >= 0.3 is 19.4 Å². The number of unbranched alkanes of at least 4 members (excludes halogenated alkanes) is 4. The fourth-order valence-corrected chi connectivity index (χ4v) is 18.7. The van der Waals surface area contributed by atoms with Crippen molar-refractivity contribution in [3.05, 3.63) is 143 Å². The van der Waals surface area contributed by atoms with Crippen molar-refractivity contribution >= 4 is 113 Å². The Morgan fingerprint density at radius 3 is 2.21 bits per heavy atom. The van der Waals surface area contributed by atoms with Gasteiger partial charge in [0, 0.05) is 42.9 Å². The number of rotatable bonds is 24. The van der Waals surface area contributed by atoms with Crippen LogP contribution in [0.1, 0.15) is 85.3 Å². The summed E-state index contributed by atoms with van der Waals surface area (Å²) in [5, 5.41) is 42.0. The molecule has 3 saturated heterocycles. The lowest BCUT2D eigenvalue weighted by atomic mass is 9.95. The van der Waals surface area contributed by atoms with Gasteiger partial charge in [0.05, 0.1) is 74.6 Å². The largest absolute Gasteiger partial charge is 0.492 e. The summed E-state index contributed by atoms with van der Waals surface area (Å²) in [7, 11) is 0. The molecule has 0 saturated carbocycles. The molecule has 33 nitrogen and oxygen atoms in total. The number of fused-ring (bicyclic) bond motifs is 9. The summed E-state index contributed by atoms with van der Waals surface area (Å²) in [4.78, 5) is 87.8. The number of hydrogen-bond acceptors (Lipinski definition) is 26. The third-order valence-electron chi connectivity index (χ3n) is 17.6. The van der Waals surface area contributed by atoms with Crippen LogP contribution < -0.4 is 46.9 Å². The van der Waals surface area contributed by atoms with Gasteiger partial charge in [0.15, 0.2) is 41.6 Å². The summed E-state index contributed by atoms with van der Waals surface area (Å²) in [5.74, 6) is -0.240. The van der Waals surface area contributed by atoms with Crippen molar-refractivity contribution in [3.63, 3.8) is 0 Å². The van der Waals surface area contributed by atoms with E-state index >= 15 is 4.57 Å². The van der Waals surface area contributed by atoms with Gasteiger partial charge in [-0.05, 0) is 102 Å². The predicted octanol–water partition coefficient (Wildman–Crippen LogP) is 6.94. The fourth-order valence-electron chi connectivity index (χ4n) is 12.5. The summed E-state index contributed by atoms with van der Waals surface area (Å²) in [6, 6.07) is 25.9. The van der Waals surface area contributed by atoms with Gasteiger partial charge in [0.25, 0.3) is 5.56 Å². The third-order valence-corrected chi connectivity index (χ3v) is 24.4. The maximum Gasteiger partial charge on any atom is 0.343 e. The first kappa shape index (κ1) is 73.5. The van der Waals surface area contributed by atoms with E-state index in [2.05, 4.69) is 68.0 Å². The SMILES string of the molecule is CP(O)(=S)OCCCCCCNC(=O)CCCCC(=O)N1Cc2ccccc2-c2c(nnn2CCOc2ccc(C(=O)Oc3ccc(CS[P@@]4(=O)N[C@H]5[C@@H](O)[C@H](n6cnc7c(N)ncnc76)O[C@@H]5CO[P@](=O)(S)N[C@H]5[C@@H](O)[C@H](n6cnc7c(=O)[nH]c(N)nc76)O[C@@H]5CO4)cc3)cc2)-c2ccccc21. The molecule has 11 atom stereocenters. The zero-order chi connectivity index (χ0) is 72.2. The van der Waals surface area contributed by atoms with Crippen LogP contribution in [0, 0.1) is 0 Å². The first-order valence-electron chi connectivity index (χ1n) is 33.0. The number of esters is 1. The number of H-pyrrole nitrogens is 1. The van der Waals surface area contributed by atoms with Gasteiger partial charge < -0.3 is 69.3 Å². The lowest BCUT2D eigenvalue weighted by Crippen LogP contribution is -2.47. The number of aromatic amines is 1. The van der Waals surface area contributed by atoms with Crippen LogP contribution in [0.25, 0.3) is 44.8 Å². The number of para-hydroxylation sites is 1. The third kappa shape index (κ3) is 17.1. The van der Waals surface area contributed by atoms with Crippen molar-refractivity contribution in [2.24, 2.45) is 0 Å². The van der Waals surface area contributed by atoms with Crippen LogP contribution in [0.2, 0.25) is 0 Å². The average molecular weight is 1530 g/mol. The molecular formula is C64H74N17O16P3S3. The standard InChI is InChI=1S/C64H74N17O16P3S3/c1-98(88,101)92-28-11-3-2-10-26-67-47(82)16-8-9-17-48(83)78-30-39-12-4-5-13-42(39)54-49(43-14-6-7-15-44(43)78)74-77-81(54)27-29-91-40-24-20-38(21-25-40)63(87)95-41-22-18-37(19-23-41)33-103-100(90)76-51-45(96-61(56(51)85)79-35-70-52-57(65)68-34-69-58(52)79)31-93-99(89,102)75-50-46(32-94-100)97-62(55(50)84)80-36-71-53-59(80)72-64(66)73-60(53)86/h4-7,12-15,18-25,34-36,45-46,50-51,55-56,61-62,84-85H,2-3,8-11,16-17,26-33H2,1H3,(H,67,82)(H,76,90)(H,88,101)(H2,65,68,69)(H2,75,89,102)(H3,66,72,73,86)/t45-,46-,50-,51-,55-,56-,61-,62-,98?,99+,100-/m1/s1. The van der Waals surface area contributed by atoms with Crippen LogP contribution in [0.4, 0.5) is 17.5 Å². The Hall–Kier alpha value is -7.86. The normalized spacial score (nSPS) is 23.9. The molecular weight excluding hydrogens is 1450 g/mol. The number of amides is 2. The summed E-state index contributed by atoms with van der Waals surface area (Å²) in [6.45, 7) is -8.88. The number of carbonyl (C=O) groups is 3. The van der Waals surface area contributed by atoms with Gasteiger partial charge in [0.1, 0.15) is 60.1 Å². The van der Waals surface area contributed by atoms with E-state index in [4.69, 9.17) is 55.8 Å². The first-order valence-corrected chi connectivity index (χ1v) is 42.1. The predicted molar refractivity (Wildman–Crippen MR) is 387 cm³/mol. The Morgan fingerprint density at radius 1 is 0.786 bits per heavy atom. The summed E-state index contributed by atoms with van der Waals surface area (Å²) in [6.07, 6.45) is 0.767. The number of aliphatic hydroxyl groups is 2. The van der Waals surface area contributed by atoms with E-state index in [0.717, 1.165) is 59.4 Å². The van der Waals surface area contributed by atoms with Crippen LogP contribution in [0.15, 0.2) is 121 Å². The minimum atomic E-state index is -4.27. The van der Waals surface area contributed by atoms with E-state index in [1.807, 2.05) is 48.5 Å². The Morgan fingerprint density at radius 2 is 1.46 bits per heavy atom. The average Bonchev–Trinajstić information content (AvgIpc) is 1.68. The molecule has 544 valence electrons. The number of aromatic nitrogens is 11. The molecule has 0 aliphatic carbocycles. The second-order valence-electron chi connectivity index (χ2n) is 24.8. The van der Waals surface area contributed by atoms with Crippen LogP contribution in [-0.4, -0.2) is 163 Å². The van der Waals surface area contributed by atoms with Crippen molar-refractivity contribution in [2.45, 2.75) is 119 Å². The van der Waals surface area contributed by atoms with Crippen molar-refractivity contribution in [3.8, 4) is 34.0 Å². The van der Waals surface area contributed by atoms with Gasteiger partial charge in [-0.1, -0.05) is 84.9 Å². The molecule has 11 N–H and O–H groups in total. The number of nitrogens with two attached hydrogens (primary N) is 2. The maximum atomic E-state index is 15.5. The monoisotopic (exact) mass is 1530 g/mol. The lowest BCUT2D eigenvalue weighted by molar-refractivity contribution is -0.122. The Bertz CT molecular complexity index is 4800. The number of anilines is 3. The van der Waals surface area contributed by atoms with Gasteiger partial charge in [-0.2, -0.15) is 4.98 Å². The second-order valence-corrected chi connectivity index (χ2v) is 36.1. The van der Waals surface area contributed by atoms with Gasteiger partial charge in [-0.15, -0.1) is 5.10 Å². The highest BCUT2D eigenvalue weighted by atomic mass is 32.7. The molecule has 4 aliphatic heterocycles. The quantitative estimate of drug-likeness (QED) is 0.00962. The zero-order valence-electron chi connectivity index (χ0n) is 55.2. The van der Waals surface area contributed by atoms with E-state index in [0.29, 0.717) is 68.2 Å². The van der Waals surface area contributed by atoms with Crippen LogP contribution in [0.3, 0.4) is 0 Å². The molecule has 4 aromatic carbocycles. The molecule has 3 fully saturated rings. The molecule has 13 rings (SSSR count). The van der Waals surface area contributed by atoms with E-state index < -0.39 is 93.6 Å². The zero-order valence-corrected chi connectivity index (χ0v) is 60.4. The number of hydrogen-bond donors (Lipinski definition) is 10. The highest BCUT2D eigenvalue weighted by Gasteiger charge is 2.53. The van der Waals surface area contributed by atoms with E-state index in [1.165, 1.54) is 34.8 Å². The Labute approximate surface area is 602 Å². The highest BCUT2D eigenvalue weighted by molar-refractivity contribution is 8.55. The molecule has 4 aliphatic rings. The number of aliphatic hydroxyl groups excluding tert-OH is 2. The molecule has 39 heteroatoms. The minimum absolute atomic E-state index is 0.0170. The van der Waals surface area contributed by atoms with Crippen LogP contribution in [0.5, 0.6) is 11.5 Å². The number of benzene rings is 4. The van der Waals surface area contributed by atoms with Crippen molar-refractivity contribution in [1.82, 2.24) is 69.5 Å².